The van der Waals surface area contributed by atoms with Crippen LogP contribution in [0.15, 0.2) is 41.4 Å². The number of fused-ring (bicyclic) bond motifs is 1. The smallest absolute Gasteiger partial charge is 0.230 e. The zero-order chi connectivity index (χ0) is 23.1. The van der Waals surface area contributed by atoms with Crippen LogP contribution in [0, 0.1) is 6.92 Å². The number of aryl methyl sites for hydroxylation is 1. The summed E-state index contributed by atoms with van der Waals surface area (Å²) >= 11 is 1.42. The first-order valence-corrected chi connectivity index (χ1v) is 11.1. The van der Waals surface area contributed by atoms with Gasteiger partial charge in [0, 0.05) is 18.0 Å². The topological polar surface area (TPSA) is 78.9 Å². The molecule has 1 N–H and O–H groups in total. The van der Waals surface area contributed by atoms with Gasteiger partial charge in [0.1, 0.15) is 5.03 Å². The van der Waals surface area contributed by atoms with Gasteiger partial charge in [-0.15, -0.1) is 0 Å². The highest BCUT2D eigenvalue weighted by Crippen LogP contribution is 2.33. The van der Waals surface area contributed by atoms with Crippen molar-refractivity contribution in [2.75, 3.05) is 40.7 Å². The molecule has 0 unspecified atom stereocenters. The van der Waals surface area contributed by atoms with Gasteiger partial charge in [-0.25, -0.2) is 4.98 Å². The van der Waals surface area contributed by atoms with E-state index in [1.165, 1.54) is 11.8 Å². The highest BCUT2D eigenvalue weighted by molar-refractivity contribution is 7.99. The predicted molar refractivity (Wildman–Crippen MR) is 127 cm³/mol. The zero-order valence-corrected chi connectivity index (χ0v) is 19.8. The van der Waals surface area contributed by atoms with Gasteiger partial charge < -0.3 is 24.3 Å². The van der Waals surface area contributed by atoms with Crippen LogP contribution in [0.2, 0.25) is 0 Å². The molecule has 0 saturated heterocycles. The van der Waals surface area contributed by atoms with E-state index >= 15 is 0 Å². The highest BCUT2D eigenvalue weighted by atomic mass is 32.2. The minimum absolute atomic E-state index is 0.0379. The minimum atomic E-state index is -0.0379. The van der Waals surface area contributed by atoms with Crippen molar-refractivity contribution in [1.29, 1.82) is 0 Å². The van der Waals surface area contributed by atoms with E-state index in [4.69, 9.17) is 23.9 Å². The van der Waals surface area contributed by atoms with E-state index in [1.54, 1.807) is 28.4 Å². The van der Waals surface area contributed by atoms with Gasteiger partial charge in [0.05, 0.1) is 39.7 Å². The molecule has 0 bridgehead atoms. The van der Waals surface area contributed by atoms with Crippen molar-refractivity contribution < 1.29 is 23.7 Å². The summed E-state index contributed by atoms with van der Waals surface area (Å²) in [5.41, 5.74) is 2.87. The van der Waals surface area contributed by atoms with Crippen LogP contribution in [0.5, 0.6) is 23.0 Å². The van der Waals surface area contributed by atoms with Gasteiger partial charge in [-0.05, 0) is 48.7 Å². The van der Waals surface area contributed by atoms with Crippen molar-refractivity contribution >= 4 is 28.6 Å². The summed E-state index contributed by atoms with van der Waals surface area (Å²) in [4.78, 5) is 17.1. The number of hydrogen-bond acceptors (Lipinski definition) is 7. The summed E-state index contributed by atoms with van der Waals surface area (Å²) in [7, 11) is 6.42. The summed E-state index contributed by atoms with van der Waals surface area (Å²) in [5.74, 6) is 2.91. The monoisotopic (exact) mass is 456 g/mol. The van der Waals surface area contributed by atoms with Crippen molar-refractivity contribution in [3.05, 3.63) is 47.5 Å². The number of nitrogens with zero attached hydrogens (tertiary/aromatic N) is 1. The Hall–Kier alpha value is -3.13. The number of hydrogen-bond donors (Lipinski definition) is 1. The number of amides is 1. The first-order valence-electron chi connectivity index (χ1n) is 10.1. The summed E-state index contributed by atoms with van der Waals surface area (Å²) in [6.07, 6.45) is 0.700. The van der Waals surface area contributed by atoms with Gasteiger partial charge in [0.25, 0.3) is 0 Å². The summed E-state index contributed by atoms with van der Waals surface area (Å²) in [6.45, 7) is 2.52. The highest BCUT2D eigenvalue weighted by Gasteiger charge is 2.12. The molecule has 0 radical (unpaired) electrons. The van der Waals surface area contributed by atoms with Crippen LogP contribution in [-0.4, -0.2) is 51.6 Å². The van der Waals surface area contributed by atoms with Crippen molar-refractivity contribution in [1.82, 2.24) is 10.3 Å². The second kappa shape index (κ2) is 10.9. The molecule has 0 saturated carbocycles. The zero-order valence-electron chi connectivity index (χ0n) is 19.0. The lowest BCUT2D eigenvalue weighted by molar-refractivity contribution is -0.118. The maximum atomic E-state index is 12.3. The molecule has 7 nitrogen and oxygen atoms in total. The molecule has 170 valence electrons. The first kappa shape index (κ1) is 23.5. The molecular formula is C24H28N2O5S. The van der Waals surface area contributed by atoms with Gasteiger partial charge in [0.2, 0.25) is 5.91 Å². The molecule has 8 heteroatoms. The van der Waals surface area contributed by atoms with Crippen molar-refractivity contribution in [2.45, 2.75) is 18.4 Å². The van der Waals surface area contributed by atoms with E-state index in [0.717, 1.165) is 27.1 Å². The van der Waals surface area contributed by atoms with Gasteiger partial charge in [-0.3, -0.25) is 4.79 Å². The Kier molecular flexibility index (Phi) is 8.05. The quantitative estimate of drug-likeness (QED) is 0.462. The lowest BCUT2D eigenvalue weighted by atomic mass is 10.1. The van der Waals surface area contributed by atoms with Gasteiger partial charge in [0.15, 0.2) is 23.0 Å². The van der Waals surface area contributed by atoms with E-state index in [1.807, 2.05) is 43.3 Å². The maximum absolute atomic E-state index is 12.3. The van der Waals surface area contributed by atoms with Crippen molar-refractivity contribution in [2.24, 2.45) is 0 Å². The fraction of sp³-hybridized carbons (Fsp3) is 0.333. The van der Waals surface area contributed by atoms with Gasteiger partial charge in [-0.1, -0.05) is 17.8 Å². The number of aromatic nitrogens is 1. The Morgan fingerprint density at radius 1 is 0.906 bits per heavy atom. The Bertz CT molecular complexity index is 1100. The number of pyridine rings is 1. The SMILES string of the molecule is COc1ccc(CCNC(=O)CSc2nc3cc(OC)c(OC)cc3cc2C)cc1OC. The average Bonchev–Trinajstić information content (AvgIpc) is 2.81. The van der Waals surface area contributed by atoms with E-state index in [2.05, 4.69) is 5.32 Å². The Labute approximate surface area is 192 Å². The van der Waals surface area contributed by atoms with Crippen LogP contribution in [0.25, 0.3) is 10.9 Å². The molecule has 32 heavy (non-hydrogen) atoms. The predicted octanol–water partition coefficient (Wildman–Crippen LogP) is 4.03. The Morgan fingerprint density at radius 2 is 1.56 bits per heavy atom. The molecular weight excluding hydrogens is 428 g/mol. The number of carbonyl (C=O) groups excluding carboxylic acids is 1. The normalized spacial score (nSPS) is 10.7. The number of methoxy groups -OCH3 is 4. The molecule has 0 atom stereocenters. The molecule has 2 aromatic carbocycles. The summed E-state index contributed by atoms with van der Waals surface area (Å²) < 4.78 is 21.3. The first-order chi connectivity index (χ1) is 15.5. The molecule has 1 heterocycles. The van der Waals surface area contributed by atoms with Gasteiger partial charge in [-0.2, -0.15) is 0 Å². The van der Waals surface area contributed by atoms with Crippen LogP contribution < -0.4 is 24.3 Å². The molecule has 0 spiro atoms. The number of rotatable bonds is 10. The summed E-state index contributed by atoms with van der Waals surface area (Å²) in [6, 6.07) is 11.6. The Morgan fingerprint density at radius 3 is 2.25 bits per heavy atom. The molecule has 0 aliphatic carbocycles. The largest absolute Gasteiger partial charge is 0.493 e. The number of nitrogens with one attached hydrogen (secondary N) is 1. The van der Waals surface area contributed by atoms with Crippen LogP contribution in [-0.2, 0) is 11.2 Å². The fourth-order valence-corrected chi connectivity index (χ4v) is 4.12. The third-order valence-corrected chi connectivity index (χ3v) is 6.08. The maximum Gasteiger partial charge on any atom is 0.230 e. The minimum Gasteiger partial charge on any atom is -0.493 e. The average molecular weight is 457 g/mol. The third-order valence-electron chi connectivity index (χ3n) is 4.99. The van der Waals surface area contributed by atoms with Crippen molar-refractivity contribution in [3.8, 4) is 23.0 Å². The number of thioether (sulfide) groups is 1. The van der Waals surface area contributed by atoms with Crippen LogP contribution >= 0.6 is 11.8 Å². The summed E-state index contributed by atoms with van der Waals surface area (Å²) in [5, 5.41) is 4.74. The van der Waals surface area contributed by atoms with E-state index in [0.29, 0.717) is 41.7 Å². The van der Waals surface area contributed by atoms with Gasteiger partial charge >= 0.3 is 0 Å². The molecule has 1 aromatic heterocycles. The fourth-order valence-electron chi connectivity index (χ4n) is 3.30. The van der Waals surface area contributed by atoms with E-state index < -0.39 is 0 Å². The lowest BCUT2D eigenvalue weighted by Crippen LogP contribution is -2.27. The van der Waals surface area contributed by atoms with Crippen LogP contribution in [0.1, 0.15) is 11.1 Å². The van der Waals surface area contributed by atoms with Crippen LogP contribution in [0.3, 0.4) is 0 Å². The number of ether oxygens (including phenoxy) is 4. The Balaban J connectivity index is 1.58. The van der Waals surface area contributed by atoms with Crippen LogP contribution in [0.4, 0.5) is 0 Å². The molecule has 0 aliphatic rings. The third kappa shape index (κ3) is 5.56. The number of carbonyl (C=O) groups is 1. The second-order valence-electron chi connectivity index (χ2n) is 7.09. The van der Waals surface area contributed by atoms with E-state index in [9.17, 15) is 4.79 Å². The lowest BCUT2D eigenvalue weighted by Gasteiger charge is -2.12. The standard InChI is InChI=1S/C24H28N2O5S/c1-15-10-17-12-21(30-4)22(31-5)13-18(17)26-24(15)32-14-23(27)25-9-8-16-6-7-19(28-2)20(11-16)29-3/h6-7,10-13H,8-9,14H2,1-5H3,(H,25,27). The van der Waals surface area contributed by atoms with E-state index in [-0.39, 0.29) is 5.91 Å². The van der Waals surface area contributed by atoms with Crippen molar-refractivity contribution in [3.63, 3.8) is 0 Å². The molecule has 1 amide bonds. The molecule has 0 aliphatic heterocycles. The molecule has 3 aromatic rings. The molecule has 3 rings (SSSR count). The molecule has 0 fully saturated rings. The number of benzene rings is 2. The second-order valence-corrected chi connectivity index (χ2v) is 8.05.